The Morgan fingerprint density at radius 3 is 2.89 bits per heavy atom. The number of rotatable bonds is 5. The largest absolute Gasteiger partial charge is 0.494 e. The monoisotopic (exact) mass is 250 g/mol. The van der Waals surface area contributed by atoms with E-state index in [1.165, 1.54) is 5.57 Å². The summed E-state index contributed by atoms with van der Waals surface area (Å²) in [4.78, 5) is 0. The van der Waals surface area contributed by atoms with Crippen molar-refractivity contribution < 1.29 is 14.2 Å². The van der Waals surface area contributed by atoms with Crippen molar-refractivity contribution in [1.29, 1.82) is 0 Å². The van der Waals surface area contributed by atoms with E-state index in [9.17, 15) is 0 Å². The van der Waals surface area contributed by atoms with Gasteiger partial charge in [0, 0.05) is 12.0 Å². The molecule has 0 N–H and O–H groups in total. The molecule has 0 unspecified atom stereocenters. The fourth-order valence-electron chi connectivity index (χ4n) is 2.03. The quantitative estimate of drug-likeness (QED) is 0.693. The minimum Gasteiger partial charge on any atom is -0.494 e. The molecule has 0 atom stereocenters. The molecule has 0 spiro atoms. The average molecular weight is 250 g/mol. The van der Waals surface area contributed by atoms with Crippen molar-refractivity contribution in [1.82, 2.24) is 0 Å². The van der Waals surface area contributed by atoms with Gasteiger partial charge in [-0.3, -0.25) is 0 Å². The topological polar surface area (TPSA) is 27.7 Å². The first-order chi connectivity index (χ1) is 8.72. The van der Waals surface area contributed by atoms with Gasteiger partial charge in [-0.15, -0.1) is 0 Å². The summed E-state index contributed by atoms with van der Waals surface area (Å²) in [5, 5.41) is 0. The van der Waals surface area contributed by atoms with Crippen molar-refractivity contribution in [2.24, 2.45) is 5.92 Å². The molecule has 0 amide bonds. The molecule has 1 aliphatic heterocycles. The normalized spacial score (nSPS) is 18.7. The molecule has 3 heteroatoms. The van der Waals surface area contributed by atoms with Gasteiger partial charge in [-0.2, -0.15) is 0 Å². The zero-order valence-corrected chi connectivity index (χ0v) is 11.5. The smallest absolute Gasteiger partial charge is 0.230 e. The minimum absolute atomic E-state index is 0.340. The molecule has 1 aliphatic carbocycles. The summed E-state index contributed by atoms with van der Waals surface area (Å²) in [5.74, 6) is 3.18. The first-order valence-corrected chi connectivity index (χ1v) is 6.76. The van der Waals surface area contributed by atoms with Gasteiger partial charge in [0.15, 0.2) is 5.76 Å². The van der Waals surface area contributed by atoms with E-state index in [0.29, 0.717) is 12.7 Å². The Bertz CT molecular complexity index is 389. The minimum atomic E-state index is 0.340. The van der Waals surface area contributed by atoms with Crippen LogP contribution in [-0.2, 0) is 14.2 Å². The molecule has 1 heterocycles. The van der Waals surface area contributed by atoms with Crippen LogP contribution in [0.25, 0.3) is 0 Å². The van der Waals surface area contributed by atoms with Crippen LogP contribution in [0.2, 0.25) is 0 Å². The Morgan fingerprint density at radius 2 is 2.17 bits per heavy atom. The summed E-state index contributed by atoms with van der Waals surface area (Å²) >= 11 is 0. The highest BCUT2D eigenvalue weighted by molar-refractivity contribution is 5.38. The maximum absolute atomic E-state index is 5.90. The highest BCUT2D eigenvalue weighted by Gasteiger charge is 2.22. The lowest BCUT2D eigenvalue weighted by Gasteiger charge is -2.16. The number of hydrogen-bond donors (Lipinski definition) is 0. The first kappa shape index (κ1) is 13.1. The van der Waals surface area contributed by atoms with Crippen LogP contribution in [0, 0.1) is 5.92 Å². The number of ether oxygens (including phenoxy) is 3. The van der Waals surface area contributed by atoms with Gasteiger partial charge < -0.3 is 14.2 Å². The van der Waals surface area contributed by atoms with Gasteiger partial charge >= 0.3 is 0 Å². The predicted molar refractivity (Wildman–Crippen MR) is 70.5 cm³/mol. The van der Waals surface area contributed by atoms with E-state index in [-0.39, 0.29) is 0 Å². The molecular weight excluding hydrogens is 228 g/mol. The summed E-state index contributed by atoms with van der Waals surface area (Å²) < 4.78 is 16.8. The molecule has 100 valence electrons. The van der Waals surface area contributed by atoms with Crippen molar-refractivity contribution in [3.63, 3.8) is 0 Å². The Kier molecular flexibility index (Phi) is 4.34. The van der Waals surface area contributed by atoms with Crippen LogP contribution in [0.3, 0.4) is 0 Å². The standard InChI is InChI=1S/C15H22O3/c1-4-5-8-16-13-6-7-14-15(18-10-17-14)9-12(13)11(2)3/h6,9,11H,4-5,7-8,10H2,1-3H3. The lowest BCUT2D eigenvalue weighted by Crippen LogP contribution is -2.04. The van der Waals surface area contributed by atoms with Gasteiger partial charge in [-0.05, 0) is 24.5 Å². The molecule has 0 aromatic carbocycles. The van der Waals surface area contributed by atoms with Crippen LogP contribution in [0.15, 0.2) is 35.0 Å². The fourth-order valence-corrected chi connectivity index (χ4v) is 2.03. The highest BCUT2D eigenvalue weighted by atomic mass is 16.7. The molecule has 0 saturated carbocycles. The summed E-state index contributed by atoms with van der Waals surface area (Å²) in [7, 11) is 0. The zero-order valence-electron chi connectivity index (χ0n) is 11.5. The second kappa shape index (κ2) is 5.98. The Labute approximate surface area is 109 Å². The Morgan fingerprint density at radius 1 is 1.33 bits per heavy atom. The predicted octanol–water partition coefficient (Wildman–Crippen LogP) is 3.89. The third-order valence-corrected chi connectivity index (χ3v) is 3.14. The fraction of sp³-hybridized carbons (Fsp3) is 0.600. The summed E-state index contributed by atoms with van der Waals surface area (Å²) in [6, 6.07) is 0. The molecule has 0 saturated heterocycles. The molecule has 0 aromatic rings. The van der Waals surface area contributed by atoms with Crippen LogP contribution in [0.5, 0.6) is 0 Å². The molecule has 3 nitrogen and oxygen atoms in total. The van der Waals surface area contributed by atoms with Crippen molar-refractivity contribution >= 4 is 0 Å². The van der Waals surface area contributed by atoms with E-state index < -0.39 is 0 Å². The SMILES string of the molecule is CCCCOC1=CCC2=C(C=C1C(C)C)OCO2. The third kappa shape index (κ3) is 2.89. The second-order valence-corrected chi connectivity index (χ2v) is 4.92. The van der Waals surface area contributed by atoms with E-state index in [1.807, 2.05) is 0 Å². The van der Waals surface area contributed by atoms with E-state index in [0.717, 1.165) is 43.1 Å². The molecule has 0 fully saturated rings. The second-order valence-electron chi connectivity index (χ2n) is 4.92. The van der Waals surface area contributed by atoms with E-state index in [1.54, 1.807) is 0 Å². The van der Waals surface area contributed by atoms with Crippen LogP contribution in [0.1, 0.15) is 40.0 Å². The molecule has 0 bridgehead atoms. The first-order valence-electron chi connectivity index (χ1n) is 6.76. The molecular formula is C15H22O3. The van der Waals surface area contributed by atoms with Crippen molar-refractivity contribution in [2.75, 3.05) is 13.4 Å². The Hall–Kier alpha value is -1.38. The van der Waals surface area contributed by atoms with Gasteiger partial charge in [-0.1, -0.05) is 27.2 Å². The third-order valence-electron chi connectivity index (χ3n) is 3.14. The van der Waals surface area contributed by atoms with Crippen molar-refractivity contribution in [3.8, 4) is 0 Å². The lowest BCUT2D eigenvalue weighted by atomic mass is 10.0. The molecule has 2 aliphatic rings. The lowest BCUT2D eigenvalue weighted by molar-refractivity contribution is 0.0726. The van der Waals surface area contributed by atoms with E-state index in [4.69, 9.17) is 14.2 Å². The Balaban J connectivity index is 2.14. The van der Waals surface area contributed by atoms with Gasteiger partial charge in [0.2, 0.25) is 6.79 Å². The van der Waals surface area contributed by atoms with Crippen LogP contribution >= 0.6 is 0 Å². The molecule has 0 radical (unpaired) electrons. The summed E-state index contributed by atoms with van der Waals surface area (Å²) in [6.45, 7) is 7.63. The van der Waals surface area contributed by atoms with Gasteiger partial charge in [0.25, 0.3) is 0 Å². The number of allylic oxidation sites excluding steroid dienone is 3. The van der Waals surface area contributed by atoms with E-state index in [2.05, 4.69) is 32.9 Å². The number of unbranched alkanes of at least 4 members (excludes halogenated alkanes) is 1. The van der Waals surface area contributed by atoms with Gasteiger partial charge in [0.1, 0.15) is 11.5 Å². The van der Waals surface area contributed by atoms with Gasteiger partial charge in [-0.25, -0.2) is 0 Å². The van der Waals surface area contributed by atoms with Crippen LogP contribution in [-0.4, -0.2) is 13.4 Å². The summed E-state index contributed by atoms with van der Waals surface area (Å²) in [6.07, 6.45) is 7.16. The maximum atomic E-state index is 5.90. The zero-order chi connectivity index (χ0) is 13.0. The molecule has 2 rings (SSSR count). The van der Waals surface area contributed by atoms with Crippen molar-refractivity contribution in [2.45, 2.75) is 40.0 Å². The van der Waals surface area contributed by atoms with Crippen molar-refractivity contribution in [3.05, 3.63) is 35.0 Å². The summed E-state index contributed by atoms with van der Waals surface area (Å²) in [5.41, 5.74) is 1.20. The molecule has 18 heavy (non-hydrogen) atoms. The average Bonchev–Trinajstić information content (AvgIpc) is 2.71. The maximum Gasteiger partial charge on any atom is 0.230 e. The highest BCUT2D eigenvalue weighted by Crippen LogP contribution is 2.32. The molecule has 0 aromatic heterocycles. The number of hydrogen-bond acceptors (Lipinski definition) is 3. The van der Waals surface area contributed by atoms with Gasteiger partial charge in [0.05, 0.1) is 6.61 Å². The van der Waals surface area contributed by atoms with Crippen LogP contribution < -0.4 is 0 Å². The van der Waals surface area contributed by atoms with E-state index >= 15 is 0 Å². The van der Waals surface area contributed by atoms with Crippen LogP contribution in [0.4, 0.5) is 0 Å².